The fourth-order valence-corrected chi connectivity index (χ4v) is 3.51. The summed E-state index contributed by atoms with van der Waals surface area (Å²) in [5.41, 5.74) is 6.64. The van der Waals surface area contributed by atoms with Crippen molar-refractivity contribution in [1.29, 1.82) is 0 Å². The van der Waals surface area contributed by atoms with E-state index in [1.165, 1.54) is 0 Å². The van der Waals surface area contributed by atoms with Crippen LogP contribution in [0.4, 0.5) is 5.69 Å². The molecule has 1 fully saturated rings. The Hall–Kier alpha value is -1.56. The van der Waals surface area contributed by atoms with Gasteiger partial charge in [-0.25, -0.2) is 5.84 Å². The summed E-state index contributed by atoms with van der Waals surface area (Å²) in [6.07, 6.45) is 1.000. The molecule has 0 spiro atoms. The maximum atomic E-state index is 12.4. The van der Waals surface area contributed by atoms with E-state index in [1.54, 1.807) is 31.4 Å². The van der Waals surface area contributed by atoms with Crippen LogP contribution in [0.2, 0.25) is 0 Å². The molecule has 7 nitrogen and oxygen atoms in total. The minimum atomic E-state index is -2.58. The summed E-state index contributed by atoms with van der Waals surface area (Å²) in [4.78, 5) is 12.0. The van der Waals surface area contributed by atoms with E-state index in [4.69, 9.17) is 16.3 Å². The maximum Gasteiger partial charge on any atom is 0.265 e. The van der Waals surface area contributed by atoms with E-state index in [0.717, 1.165) is 5.01 Å². The quantitative estimate of drug-likeness (QED) is 0.429. The predicted molar refractivity (Wildman–Crippen MR) is 77.7 cm³/mol. The van der Waals surface area contributed by atoms with Gasteiger partial charge in [0.15, 0.2) is 13.2 Å². The average Bonchev–Trinajstić information content (AvgIpc) is 2.45. The fraction of sp³-hybridized carbons (Fsp3) is 0.417. The van der Waals surface area contributed by atoms with Crippen molar-refractivity contribution in [2.24, 2.45) is 11.6 Å². The van der Waals surface area contributed by atoms with Gasteiger partial charge in [-0.3, -0.25) is 9.80 Å². The van der Waals surface area contributed by atoms with E-state index in [9.17, 15) is 9.36 Å². The first-order chi connectivity index (χ1) is 9.47. The molecule has 2 rings (SSSR count). The first-order valence-electron chi connectivity index (χ1n) is 6.28. The number of methoxy groups -OCH3 is 1. The number of hydrogen-bond donors (Lipinski definition) is 3. The highest BCUT2D eigenvalue weighted by molar-refractivity contribution is 7.49. The Bertz CT molecular complexity index is 522. The van der Waals surface area contributed by atoms with Crippen molar-refractivity contribution in [1.82, 2.24) is 5.01 Å². The lowest BCUT2D eigenvalue weighted by atomic mass is 10.1. The van der Waals surface area contributed by atoms with Crippen LogP contribution in [0.1, 0.15) is 12.8 Å². The molecule has 1 saturated heterocycles. The van der Waals surface area contributed by atoms with Gasteiger partial charge in [0.2, 0.25) is 0 Å². The Morgan fingerprint density at radius 2 is 2.05 bits per heavy atom. The van der Waals surface area contributed by atoms with Crippen molar-refractivity contribution in [3.05, 3.63) is 24.3 Å². The van der Waals surface area contributed by atoms with Gasteiger partial charge in [-0.1, -0.05) is 0 Å². The van der Waals surface area contributed by atoms with Crippen LogP contribution in [-0.4, -0.2) is 29.9 Å². The Labute approximate surface area is 118 Å². The maximum absolute atomic E-state index is 12.4. The first kappa shape index (κ1) is 14.8. The van der Waals surface area contributed by atoms with Crippen LogP contribution >= 0.6 is 7.95 Å². The summed E-state index contributed by atoms with van der Waals surface area (Å²) in [6, 6.07) is 6.91. The standard InChI is InChI=1S/C12H19N4O3P/c1-19-10-5-3-9(4-6-10)15-20(18)12(13)7-2-8-16(14)11(12)17/h3-6,20H,2,7-8,13-14H2,1H3,(H,15,18)/t12-/m0/s1. The smallest absolute Gasteiger partial charge is 0.265 e. The number of nitrogens with two attached hydrogens (primary N) is 2. The van der Waals surface area contributed by atoms with Crippen molar-refractivity contribution in [2.45, 2.75) is 18.1 Å². The van der Waals surface area contributed by atoms with Crippen LogP contribution in [0.5, 0.6) is 5.75 Å². The second-order valence-corrected chi connectivity index (χ2v) is 6.56. The van der Waals surface area contributed by atoms with E-state index in [0.29, 0.717) is 30.8 Å². The number of benzene rings is 1. The molecule has 1 unspecified atom stereocenters. The van der Waals surface area contributed by atoms with Gasteiger partial charge in [0.05, 0.1) is 7.11 Å². The molecule has 2 atom stereocenters. The number of piperidine rings is 1. The molecule has 0 radical (unpaired) electrons. The Morgan fingerprint density at radius 3 is 2.65 bits per heavy atom. The number of carbonyl (C=O) groups is 1. The lowest BCUT2D eigenvalue weighted by Crippen LogP contribution is -2.59. The zero-order valence-electron chi connectivity index (χ0n) is 11.3. The van der Waals surface area contributed by atoms with Gasteiger partial charge in [0.1, 0.15) is 5.75 Å². The highest BCUT2D eigenvalue weighted by Gasteiger charge is 2.45. The molecule has 110 valence electrons. The van der Waals surface area contributed by atoms with Gasteiger partial charge in [-0.15, -0.1) is 0 Å². The normalized spacial score (nSPS) is 24.4. The SMILES string of the molecule is COc1ccc(N[PH](=O)[C@@]2(N)CCCN(N)C2=O)cc1. The van der Waals surface area contributed by atoms with Gasteiger partial charge >= 0.3 is 0 Å². The molecule has 5 N–H and O–H groups in total. The average molecular weight is 298 g/mol. The predicted octanol–water partition coefficient (Wildman–Crippen LogP) is 0.733. The van der Waals surface area contributed by atoms with Gasteiger partial charge < -0.3 is 20.1 Å². The van der Waals surface area contributed by atoms with Crippen LogP contribution in [-0.2, 0) is 9.36 Å². The van der Waals surface area contributed by atoms with E-state index in [-0.39, 0.29) is 0 Å². The largest absolute Gasteiger partial charge is 0.497 e. The Balaban J connectivity index is 2.12. The number of anilines is 1. The van der Waals surface area contributed by atoms with Crippen LogP contribution in [0.3, 0.4) is 0 Å². The van der Waals surface area contributed by atoms with Crippen LogP contribution in [0.15, 0.2) is 24.3 Å². The second kappa shape index (κ2) is 5.83. The summed E-state index contributed by atoms with van der Waals surface area (Å²) in [5.74, 6) is 5.78. The number of amides is 1. The third-order valence-corrected chi connectivity index (χ3v) is 5.16. The highest BCUT2D eigenvalue weighted by atomic mass is 31.1. The van der Waals surface area contributed by atoms with E-state index >= 15 is 0 Å². The molecule has 20 heavy (non-hydrogen) atoms. The molecule has 1 aromatic rings. The molecule has 1 aromatic carbocycles. The first-order valence-corrected chi connectivity index (χ1v) is 7.69. The molecule has 1 aliphatic heterocycles. The number of hydrazine groups is 1. The number of nitrogens with one attached hydrogen (secondary N) is 1. The van der Waals surface area contributed by atoms with Crippen molar-refractivity contribution in [3.8, 4) is 5.75 Å². The van der Waals surface area contributed by atoms with Crippen LogP contribution in [0, 0.1) is 0 Å². The van der Waals surface area contributed by atoms with E-state index < -0.39 is 19.1 Å². The molecule has 1 amide bonds. The van der Waals surface area contributed by atoms with Crippen molar-refractivity contribution in [2.75, 3.05) is 18.7 Å². The number of hydrogen-bond acceptors (Lipinski definition) is 5. The number of rotatable bonds is 4. The second-order valence-electron chi connectivity index (χ2n) is 4.76. The van der Waals surface area contributed by atoms with Crippen LogP contribution < -0.4 is 21.4 Å². The van der Waals surface area contributed by atoms with Gasteiger partial charge in [-0.05, 0) is 37.1 Å². The van der Waals surface area contributed by atoms with Gasteiger partial charge in [0, 0.05) is 12.2 Å². The number of ether oxygens (including phenoxy) is 1. The van der Waals surface area contributed by atoms with Gasteiger partial charge in [0.25, 0.3) is 5.91 Å². The topological polar surface area (TPSA) is 111 Å². The summed E-state index contributed by atoms with van der Waals surface area (Å²) >= 11 is 0. The Kier molecular flexibility index (Phi) is 4.32. The summed E-state index contributed by atoms with van der Waals surface area (Å²) < 4.78 is 17.5. The molecule has 1 aliphatic rings. The summed E-state index contributed by atoms with van der Waals surface area (Å²) in [6.45, 7) is 0.440. The molecule has 0 aromatic heterocycles. The fourth-order valence-electron chi connectivity index (χ4n) is 2.12. The zero-order valence-corrected chi connectivity index (χ0v) is 12.3. The van der Waals surface area contributed by atoms with Gasteiger partial charge in [-0.2, -0.15) is 0 Å². The molecular formula is C12H19N4O3P. The molecule has 0 saturated carbocycles. The Morgan fingerprint density at radius 1 is 1.40 bits per heavy atom. The molecule has 8 heteroatoms. The minimum absolute atomic E-state index is 0.362. The molecular weight excluding hydrogens is 279 g/mol. The summed E-state index contributed by atoms with van der Waals surface area (Å²) in [5, 5.41) is 2.44. The lowest BCUT2D eigenvalue weighted by Gasteiger charge is -2.36. The van der Waals surface area contributed by atoms with Crippen molar-refractivity contribution >= 4 is 19.5 Å². The summed E-state index contributed by atoms with van der Waals surface area (Å²) in [7, 11) is -1.01. The lowest BCUT2D eigenvalue weighted by molar-refractivity contribution is -0.136. The van der Waals surface area contributed by atoms with Crippen molar-refractivity contribution < 1.29 is 14.1 Å². The number of carbonyl (C=O) groups excluding carboxylic acids is 1. The zero-order chi connectivity index (χ0) is 14.8. The minimum Gasteiger partial charge on any atom is -0.497 e. The van der Waals surface area contributed by atoms with Crippen LogP contribution in [0.25, 0.3) is 0 Å². The highest BCUT2D eigenvalue weighted by Crippen LogP contribution is 2.41. The third kappa shape index (κ3) is 2.80. The molecule has 0 bridgehead atoms. The molecule has 0 aliphatic carbocycles. The third-order valence-electron chi connectivity index (χ3n) is 3.37. The van der Waals surface area contributed by atoms with E-state index in [2.05, 4.69) is 5.09 Å². The van der Waals surface area contributed by atoms with E-state index in [1.807, 2.05) is 0 Å². The number of nitrogens with zero attached hydrogens (tertiary/aromatic N) is 1. The van der Waals surface area contributed by atoms with Crippen molar-refractivity contribution in [3.63, 3.8) is 0 Å². The monoisotopic (exact) mass is 298 g/mol. The molecule has 1 heterocycles.